The molecule has 2 atom stereocenters. The lowest BCUT2D eigenvalue weighted by molar-refractivity contribution is 0.264. The Hall–Kier alpha value is -1.09. The minimum atomic E-state index is -0.304. The molecule has 18 heavy (non-hydrogen) atoms. The number of hydrogen-bond donors (Lipinski definition) is 2. The molecule has 0 aliphatic heterocycles. The fourth-order valence-electron chi connectivity index (χ4n) is 2.90. The predicted octanol–water partition coefficient (Wildman–Crippen LogP) is 3.76. The molecule has 0 amide bonds. The van der Waals surface area contributed by atoms with Gasteiger partial charge in [0.15, 0.2) is 0 Å². The van der Waals surface area contributed by atoms with E-state index in [9.17, 15) is 9.50 Å². The fraction of sp³-hybridized carbons (Fsp3) is 0.600. The zero-order chi connectivity index (χ0) is 13.3. The molecule has 0 radical (unpaired) electrons. The summed E-state index contributed by atoms with van der Waals surface area (Å²) in [6, 6.07) is 4.50. The molecule has 100 valence electrons. The first-order chi connectivity index (χ1) is 8.40. The lowest BCUT2D eigenvalue weighted by Crippen LogP contribution is -2.39. The zero-order valence-corrected chi connectivity index (χ0v) is 11.3. The third-order valence-electron chi connectivity index (χ3n) is 4.16. The van der Waals surface area contributed by atoms with E-state index in [0.717, 1.165) is 6.42 Å². The van der Waals surface area contributed by atoms with E-state index in [1.165, 1.54) is 31.0 Å². The summed E-state index contributed by atoms with van der Waals surface area (Å²) in [6.45, 7) is 6.49. The third-order valence-corrected chi connectivity index (χ3v) is 4.16. The molecule has 0 spiro atoms. The Morgan fingerprint density at radius 1 is 1.44 bits per heavy atom. The van der Waals surface area contributed by atoms with Crippen molar-refractivity contribution in [3.8, 4) is 5.75 Å². The van der Waals surface area contributed by atoms with Crippen molar-refractivity contribution in [2.24, 2.45) is 5.41 Å². The Labute approximate surface area is 108 Å². The highest BCUT2D eigenvalue weighted by Crippen LogP contribution is 2.39. The first-order valence-electron chi connectivity index (χ1n) is 6.64. The summed E-state index contributed by atoms with van der Waals surface area (Å²) < 4.78 is 13.2. The van der Waals surface area contributed by atoms with Gasteiger partial charge in [0.1, 0.15) is 11.6 Å². The van der Waals surface area contributed by atoms with Crippen LogP contribution in [0.3, 0.4) is 0 Å². The molecule has 2 N–H and O–H groups in total. The van der Waals surface area contributed by atoms with Crippen LogP contribution >= 0.6 is 0 Å². The maximum absolute atomic E-state index is 13.2. The van der Waals surface area contributed by atoms with Crippen LogP contribution in [0.2, 0.25) is 0 Å². The van der Waals surface area contributed by atoms with Gasteiger partial charge in [0.2, 0.25) is 0 Å². The Morgan fingerprint density at radius 2 is 2.17 bits per heavy atom. The van der Waals surface area contributed by atoms with E-state index in [1.54, 1.807) is 0 Å². The Morgan fingerprint density at radius 3 is 2.78 bits per heavy atom. The average molecular weight is 251 g/mol. The summed E-state index contributed by atoms with van der Waals surface area (Å²) in [5, 5.41) is 13.3. The van der Waals surface area contributed by atoms with Crippen LogP contribution in [0.4, 0.5) is 4.39 Å². The van der Waals surface area contributed by atoms with Crippen molar-refractivity contribution < 1.29 is 9.50 Å². The van der Waals surface area contributed by atoms with E-state index in [1.807, 2.05) is 6.92 Å². The number of benzene rings is 1. The summed E-state index contributed by atoms with van der Waals surface area (Å²) in [6.07, 6.45) is 3.59. The largest absolute Gasteiger partial charge is 0.508 e. The minimum Gasteiger partial charge on any atom is -0.508 e. The average Bonchev–Trinajstić information content (AvgIpc) is 2.62. The van der Waals surface area contributed by atoms with E-state index >= 15 is 0 Å². The summed E-state index contributed by atoms with van der Waals surface area (Å²) >= 11 is 0. The van der Waals surface area contributed by atoms with Gasteiger partial charge in [0.05, 0.1) is 0 Å². The third kappa shape index (κ3) is 2.66. The van der Waals surface area contributed by atoms with Crippen molar-refractivity contribution in [3.63, 3.8) is 0 Å². The van der Waals surface area contributed by atoms with Gasteiger partial charge in [0, 0.05) is 17.6 Å². The Bertz CT molecular complexity index is 431. The van der Waals surface area contributed by atoms with Crippen molar-refractivity contribution in [1.29, 1.82) is 0 Å². The molecule has 1 aliphatic carbocycles. The molecular formula is C15H22FNO. The number of rotatable bonds is 3. The van der Waals surface area contributed by atoms with E-state index in [4.69, 9.17) is 0 Å². The molecular weight excluding hydrogens is 229 g/mol. The number of nitrogens with one attached hydrogen (secondary N) is 1. The van der Waals surface area contributed by atoms with Crippen molar-refractivity contribution in [3.05, 3.63) is 29.6 Å². The lowest BCUT2D eigenvalue weighted by Gasteiger charge is -2.31. The highest BCUT2D eigenvalue weighted by molar-refractivity contribution is 5.35. The molecule has 2 rings (SSSR count). The molecule has 2 unspecified atom stereocenters. The Balaban J connectivity index is 2.12. The van der Waals surface area contributed by atoms with Gasteiger partial charge in [-0.3, -0.25) is 0 Å². The number of halogens is 1. The van der Waals surface area contributed by atoms with Gasteiger partial charge < -0.3 is 10.4 Å². The smallest absolute Gasteiger partial charge is 0.123 e. The van der Waals surface area contributed by atoms with E-state index in [-0.39, 0.29) is 23.0 Å². The fourth-order valence-corrected chi connectivity index (χ4v) is 2.90. The number of aromatic hydroxyl groups is 1. The van der Waals surface area contributed by atoms with E-state index in [2.05, 4.69) is 19.2 Å². The van der Waals surface area contributed by atoms with Crippen molar-refractivity contribution in [2.75, 3.05) is 0 Å². The molecule has 1 aromatic carbocycles. The number of phenolic OH excluding ortho intramolecular Hbond substituents is 1. The van der Waals surface area contributed by atoms with Crippen LogP contribution in [0, 0.1) is 11.2 Å². The summed E-state index contributed by atoms with van der Waals surface area (Å²) in [7, 11) is 0. The zero-order valence-electron chi connectivity index (χ0n) is 11.3. The van der Waals surface area contributed by atoms with Gasteiger partial charge in [-0.1, -0.05) is 20.3 Å². The van der Waals surface area contributed by atoms with Crippen molar-refractivity contribution in [2.45, 2.75) is 52.1 Å². The first kappa shape index (κ1) is 13.3. The van der Waals surface area contributed by atoms with Gasteiger partial charge in [-0.2, -0.15) is 0 Å². The van der Waals surface area contributed by atoms with Crippen LogP contribution in [-0.2, 0) is 0 Å². The summed E-state index contributed by atoms with van der Waals surface area (Å²) in [5.74, 6) is -0.144. The molecule has 1 aromatic rings. The normalized spacial score (nSPS) is 24.1. The second-order valence-corrected chi connectivity index (χ2v) is 6.02. The molecule has 0 saturated heterocycles. The highest BCUT2D eigenvalue weighted by Gasteiger charge is 2.35. The molecule has 0 aromatic heterocycles. The van der Waals surface area contributed by atoms with Crippen LogP contribution < -0.4 is 5.32 Å². The SMILES string of the molecule is CC(NC1CCCC1(C)C)c1cc(F)ccc1O. The number of phenols is 1. The quantitative estimate of drug-likeness (QED) is 0.857. The standard InChI is InChI=1S/C15H22FNO/c1-10(12-9-11(16)6-7-13(12)18)17-14-5-4-8-15(14,2)3/h6-7,9-10,14,17-18H,4-5,8H2,1-3H3. The Kier molecular flexibility index (Phi) is 3.62. The molecule has 0 bridgehead atoms. The second-order valence-electron chi connectivity index (χ2n) is 6.02. The van der Waals surface area contributed by atoms with Gasteiger partial charge in [-0.05, 0) is 43.4 Å². The lowest BCUT2D eigenvalue weighted by atomic mass is 9.86. The summed E-state index contributed by atoms with van der Waals surface area (Å²) in [5.41, 5.74) is 0.912. The molecule has 1 fully saturated rings. The van der Waals surface area contributed by atoms with Crippen molar-refractivity contribution in [1.82, 2.24) is 5.32 Å². The number of hydrogen-bond acceptors (Lipinski definition) is 2. The predicted molar refractivity (Wildman–Crippen MR) is 71.0 cm³/mol. The molecule has 3 heteroatoms. The van der Waals surface area contributed by atoms with Gasteiger partial charge >= 0.3 is 0 Å². The van der Waals surface area contributed by atoms with Crippen LogP contribution in [0.25, 0.3) is 0 Å². The monoisotopic (exact) mass is 251 g/mol. The van der Waals surface area contributed by atoms with Gasteiger partial charge in [-0.25, -0.2) is 4.39 Å². The topological polar surface area (TPSA) is 32.3 Å². The molecule has 2 nitrogen and oxygen atoms in total. The molecule has 1 saturated carbocycles. The first-order valence-corrected chi connectivity index (χ1v) is 6.64. The molecule has 1 aliphatic rings. The van der Waals surface area contributed by atoms with Gasteiger partial charge in [-0.15, -0.1) is 0 Å². The van der Waals surface area contributed by atoms with E-state index < -0.39 is 0 Å². The maximum Gasteiger partial charge on any atom is 0.123 e. The summed E-state index contributed by atoms with van der Waals surface area (Å²) in [4.78, 5) is 0. The molecule has 0 heterocycles. The van der Waals surface area contributed by atoms with Crippen LogP contribution in [0.5, 0.6) is 5.75 Å². The van der Waals surface area contributed by atoms with Crippen LogP contribution in [0.15, 0.2) is 18.2 Å². The van der Waals surface area contributed by atoms with Crippen molar-refractivity contribution >= 4 is 0 Å². The van der Waals surface area contributed by atoms with Crippen LogP contribution in [-0.4, -0.2) is 11.1 Å². The van der Waals surface area contributed by atoms with Crippen LogP contribution in [0.1, 0.15) is 51.6 Å². The highest BCUT2D eigenvalue weighted by atomic mass is 19.1. The van der Waals surface area contributed by atoms with Gasteiger partial charge in [0.25, 0.3) is 0 Å². The second kappa shape index (κ2) is 4.88. The maximum atomic E-state index is 13.2. The minimum absolute atomic E-state index is 0.0388. The van der Waals surface area contributed by atoms with E-state index in [0.29, 0.717) is 11.6 Å².